The van der Waals surface area contributed by atoms with Crippen LogP contribution in [0.15, 0.2) is 39.6 Å². The predicted molar refractivity (Wildman–Crippen MR) is 71.1 cm³/mol. The Labute approximate surface area is 103 Å². The van der Waals surface area contributed by atoms with Gasteiger partial charge in [0.25, 0.3) is 0 Å². The average Bonchev–Trinajstić information content (AvgIpc) is 2.12. The summed E-state index contributed by atoms with van der Waals surface area (Å²) < 4.78 is 0. The van der Waals surface area contributed by atoms with Gasteiger partial charge in [0.15, 0.2) is 0 Å². The van der Waals surface area contributed by atoms with E-state index in [1.54, 1.807) is 0 Å². The SMILES string of the molecule is CC(C)=C=C(Cl)[C@@]1(C)C=C(C)C=C(C)C1=N. The van der Waals surface area contributed by atoms with Crippen molar-refractivity contribution in [3.63, 3.8) is 0 Å². The maximum absolute atomic E-state index is 8.15. The topological polar surface area (TPSA) is 23.9 Å². The molecule has 1 aliphatic carbocycles. The molecule has 2 heteroatoms. The molecule has 0 heterocycles. The molecule has 1 atom stereocenters. The van der Waals surface area contributed by atoms with Crippen molar-refractivity contribution in [3.8, 4) is 0 Å². The van der Waals surface area contributed by atoms with Crippen LogP contribution in [-0.2, 0) is 0 Å². The number of hydrogen-bond acceptors (Lipinski definition) is 1. The molecule has 0 radical (unpaired) electrons. The van der Waals surface area contributed by atoms with Gasteiger partial charge >= 0.3 is 0 Å². The first-order valence-corrected chi connectivity index (χ1v) is 5.72. The van der Waals surface area contributed by atoms with E-state index in [1.165, 1.54) is 0 Å². The standard InChI is InChI=1S/C14H18ClN/c1-9(2)6-12(15)14(5)8-10(3)7-11(4)13(14)16/h7-8,16H,1-5H3/t14-/m1/s1. The van der Waals surface area contributed by atoms with E-state index in [2.05, 4.69) is 5.73 Å². The van der Waals surface area contributed by atoms with Crippen molar-refractivity contribution in [2.75, 3.05) is 0 Å². The highest BCUT2D eigenvalue weighted by atomic mass is 35.5. The minimum absolute atomic E-state index is 0.526. The number of nitrogens with one attached hydrogen (secondary N) is 1. The summed E-state index contributed by atoms with van der Waals surface area (Å²) in [6, 6.07) is 0. The summed E-state index contributed by atoms with van der Waals surface area (Å²) in [5.74, 6) is 0. The van der Waals surface area contributed by atoms with Gasteiger partial charge in [0.2, 0.25) is 0 Å². The Morgan fingerprint density at radius 2 is 1.94 bits per heavy atom. The maximum atomic E-state index is 8.15. The predicted octanol–water partition coefficient (Wildman–Crippen LogP) is 4.61. The molecule has 0 saturated heterocycles. The Bertz CT molecular complexity index is 455. The molecule has 86 valence electrons. The molecule has 0 spiro atoms. The molecule has 0 unspecified atom stereocenters. The van der Waals surface area contributed by atoms with Crippen LogP contribution in [0.5, 0.6) is 0 Å². The molecule has 1 rings (SSSR count). The van der Waals surface area contributed by atoms with Crippen LogP contribution in [0.25, 0.3) is 0 Å². The normalized spacial score (nSPS) is 24.5. The molecule has 0 bridgehead atoms. The van der Waals surface area contributed by atoms with Crippen molar-refractivity contribution in [1.82, 2.24) is 0 Å². The molecule has 0 aliphatic heterocycles. The first kappa shape index (κ1) is 13.0. The lowest BCUT2D eigenvalue weighted by atomic mass is 9.76. The molecular weight excluding hydrogens is 218 g/mol. The van der Waals surface area contributed by atoms with Gasteiger partial charge in [-0.25, -0.2) is 0 Å². The summed E-state index contributed by atoms with van der Waals surface area (Å²) in [6.07, 6.45) is 4.04. The highest BCUT2D eigenvalue weighted by Crippen LogP contribution is 2.39. The quantitative estimate of drug-likeness (QED) is 0.642. The average molecular weight is 236 g/mol. The minimum atomic E-state index is -0.526. The first-order valence-electron chi connectivity index (χ1n) is 5.34. The van der Waals surface area contributed by atoms with E-state index in [9.17, 15) is 0 Å². The fraction of sp³-hybridized carbons (Fsp3) is 0.429. The fourth-order valence-corrected chi connectivity index (χ4v) is 2.25. The van der Waals surface area contributed by atoms with E-state index in [0.29, 0.717) is 10.7 Å². The van der Waals surface area contributed by atoms with E-state index < -0.39 is 5.41 Å². The van der Waals surface area contributed by atoms with Crippen LogP contribution < -0.4 is 0 Å². The van der Waals surface area contributed by atoms with Crippen LogP contribution in [0, 0.1) is 10.8 Å². The lowest BCUT2D eigenvalue weighted by Crippen LogP contribution is -2.28. The van der Waals surface area contributed by atoms with Gasteiger partial charge in [-0.3, -0.25) is 0 Å². The van der Waals surface area contributed by atoms with Crippen molar-refractivity contribution in [2.24, 2.45) is 5.41 Å². The zero-order chi connectivity index (χ0) is 12.5. The number of rotatable bonds is 1. The van der Waals surface area contributed by atoms with E-state index in [1.807, 2.05) is 46.8 Å². The lowest BCUT2D eigenvalue weighted by molar-refractivity contribution is 0.734. The third kappa shape index (κ3) is 2.37. The monoisotopic (exact) mass is 235 g/mol. The minimum Gasteiger partial charge on any atom is -0.304 e. The summed E-state index contributed by atoms with van der Waals surface area (Å²) in [4.78, 5) is 0. The lowest BCUT2D eigenvalue weighted by Gasteiger charge is -2.30. The fourth-order valence-electron chi connectivity index (χ4n) is 1.91. The second kappa shape index (κ2) is 4.45. The number of hydrogen-bond donors (Lipinski definition) is 1. The summed E-state index contributed by atoms with van der Waals surface area (Å²) in [7, 11) is 0. The molecule has 0 aromatic heterocycles. The molecular formula is C14H18ClN. The van der Waals surface area contributed by atoms with Crippen molar-refractivity contribution in [2.45, 2.75) is 34.6 Å². The Kier molecular flexibility index (Phi) is 3.62. The third-order valence-electron chi connectivity index (χ3n) is 2.69. The van der Waals surface area contributed by atoms with Crippen molar-refractivity contribution in [3.05, 3.63) is 39.6 Å². The van der Waals surface area contributed by atoms with Gasteiger partial charge in [0.1, 0.15) is 0 Å². The van der Waals surface area contributed by atoms with Crippen molar-refractivity contribution < 1.29 is 0 Å². The zero-order valence-corrected chi connectivity index (χ0v) is 11.3. The van der Waals surface area contributed by atoms with Gasteiger partial charge in [0.05, 0.1) is 10.4 Å². The highest BCUT2D eigenvalue weighted by molar-refractivity contribution is 6.33. The van der Waals surface area contributed by atoms with E-state index in [-0.39, 0.29) is 0 Å². The van der Waals surface area contributed by atoms with Crippen LogP contribution in [0.4, 0.5) is 0 Å². The highest BCUT2D eigenvalue weighted by Gasteiger charge is 2.34. The molecule has 0 fully saturated rings. The van der Waals surface area contributed by atoms with E-state index in [0.717, 1.165) is 16.7 Å². The first-order chi connectivity index (χ1) is 7.27. The Hall–Kier alpha value is -1.04. The molecule has 1 aliphatic rings. The number of halogens is 1. The van der Waals surface area contributed by atoms with E-state index in [4.69, 9.17) is 17.0 Å². The van der Waals surface area contributed by atoms with Crippen LogP contribution >= 0.6 is 11.6 Å². The molecule has 0 amide bonds. The molecule has 16 heavy (non-hydrogen) atoms. The van der Waals surface area contributed by atoms with E-state index >= 15 is 0 Å². The summed E-state index contributed by atoms with van der Waals surface area (Å²) >= 11 is 6.29. The summed E-state index contributed by atoms with van der Waals surface area (Å²) in [5.41, 5.74) is 6.27. The van der Waals surface area contributed by atoms with Gasteiger partial charge in [-0.1, -0.05) is 29.3 Å². The Morgan fingerprint density at radius 3 is 2.44 bits per heavy atom. The van der Waals surface area contributed by atoms with Gasteiger partial charge in [-0.05, 0) is 45.8 Å². The Morgan fingerprint density at radius 1 is 1.38 bits per heavy atom. The second-order valence-corrected chi connectivity index (χ2v) is 5.11. The van der Waals surface area contributed by atoms with Crippen LogP contribution in [0.2, 0.25) is 0 Å². The smallest absolute Gasteiger partial charge is 0.0753 e. The van der Waals surface area contributed by atoms with Crippen molar-refractivity contribution in [1.29, 1.82) is 5.41 Å². The summed E-state index contributed by atoms with van der Waals surface area (Å²) in [5, 5.41) is 8.73. The number of allylic oxidation sites excluding steroid dienone is 5. The van der Waals surface area contributed by atoms with Crippen LogP contribution in [-0.4, -0.2) is 5.71 Å². The van der Waals surface area contributed by atoms with Gasteiger partial charge in [0, 0.05) is 5.71 Å². The van der Waals surface area contributed by atoms with Crippen LogP contribution in [0.1, 0.15) is 34.6 Å². The second-order valence-electron chi connectivity index (χ2n) is 4.73. The van der Waals surface area contributed by atoms with Gasteiger partial charge in [-0.15, -0.1) is 5.73 Å². The zero-order valence-electron chi connectivity index (χ0n) is 10.5. The molecule has 1 N–H and O–H groups in total. The van der Waals surface area contributed by atoms with Gasteiger partial charge in [-0.2, -0.15) is 0 Å². The van der Waals surface area contributed by atoms with Crippen LogP contribution in [0.3, 0.4) is 0 Å². The largest absolute Gasteiger partial charge is 0.304 e. The Balaban J connectivity index is 3.38. The molecule has 1 nitrogen and oxygen atoms in total. The molecule has 0 aromatic rings. The van der Waals surface area contributed by atoms with Crippen molar-refractivity contribution >= 4 is 17.3 Å². The van der Waals surface area contributed by atoms with Gasteiger partial charge < -0.3 is 5.41 Å². The third-order valence-corrected chi connectivity index (χ3v) is 3.18. The molecule has 0 aromatic carbocycles. The molecule has 0 saturated carbocycles. The summed E-state index contributed by atoms with van der Waals surface area (Å²) in [6.45, 7) is 9.85. The maximum Gasteiger partial charge on any atom is 0.0753 e.